The molecule has 0 spiro atoms. The summed E-state index contributed by atoms with van der Waals surface area (Å²) in [4.78, 5) is 14.2. The lowest BCUT2D eigenvalue weighted by Crippen LogP contribution is -2.31. The van der Waals surface area contributed by atoms with Gasteiger partial charge in [-0.25, -0.2) is 4.79 Å². The summed E-state index contributed by atoms with van der Waals surface area (Å²) in [5.41, 5.74) is 1.01. The molecule has 142 valence electrons. The Labute approximate surface area is 159 Å². The van der Waals surface area contributed by atoms with Crippen LogP contribution in [-0.4, -0.2) is 37.3 Å². The zero-order valence-corrected chi connectivity index (χ0v) is 15.5. The molecule has 1 saturated heterocycles. The first-order chi connectivity index (χ1) is 13.2. The molecule has 5 heteroatoms. The number of amides is 1. The Morgan fingerprint density at radius 2 is 1.59 bits per heavy atom. The van der Waals surface area contributed by atoms with Gasteiger partial charge in [-0.15, -0.1) is 0 Å². The van der Waals surface area contributed by atoms with E-state index in [2.05, 4.69) is 0 Å². The molecule has 2 unspecified atom stereocenters. The molecule has 27 heavy (non-hydrogen) atoms. The molecule has 1 amide bonds. The maximum absolute atomic E-state index is 12.3. The summed E-state index contributed by atoms with van der Waals surface area (Å²) in [6, 6.07) is 17.5. The Morgan fingerprint density at radius 3 is 2.22 bits per heavy atom. The van der Waals surface area contributed by atoms with E-state index in [0.29, 0.717) is 18.4 Å². The Bertz CT molecular complexity index is 748. The van der Waals surface area contributed by atoms with Crippen LogP contribution in [0.15, 0.2) is 54.6 Å². The molecule has 0 aromatic heterocycles. The molecule has 1 heterocycles. The molecule has 4 rings (SSSR count). The topological polar surface area (TPSA) is 48.0 Å². The number of ether oxygens (including phenoxy) is 3. The molecule has 5 nitrogen and oxygen atoms in total. The van der Waals surface area contributed by atoms with Crippen molar-refractivity contribution in [3.05, 3.63) is 60.2 Å². The first-order valence-electron chi connectivity index (χ1n) is 9.47. The van der Waals surface area contributed by atoms with E-state index >= 15 is 0 Å². The van der Waals surface area contributed by atoms with Crippen molar-refractivity contribution >= 4 is 6.09 Å². The van der Waals surface area contributed by atoms with Crippen LogP contribution >= 0.6 is 0 Å². The Balaban J connectivity index is 1.24. The van der Waals surface area contributed by atoms with Gasteiger partial charge in [0.2, 0.25) is 0 Å². The van der Waals surface area contributed by atoms with Gasteiger partial charge in [0.15, 0.2) is 0 Å². The average molecular weight is 367 g/mol. The maximum Gasteiger partial charge on any atom is 0.410 e. The summed E-state index contributed by atoms with van der Waals surface area (Å²) < 4.78 is 16.8. The lowest BCUT2D eigenvalue weighted by Gasteiger charge is -2.20. The second kappa shape index (κ2) is 7.91. The van der Waals surface area contributed by atoms with E-state index in [1.165, 1.54) is 0 Å². The van der Waals surface area contributed by atoms with Gasteiger partial charge in [0, 0.05) is 13.1 Å². The molecule has 2 aliphatic rings. The number of methoxy groups -OCH3 is 1. The van der Waals surface area contributed by atoms with Crippen molar-refractivity contribution in [1.82, 2.24) is 4.90 Å². The fourth-order valence-electron chi connectivity index (χ4n) is 4.15. The zero-order valence-electron chi connectivity index (χ0n) is 15.5. The second-order valence-electron chi connectivity index (χ2n) is 7.35. The first kappa shape index (κ1) is 17.7. The number of hydrogen-bond acceptors (Lipinski definition) is 4. The van der Waals surface area contributed by atoms with Gasteiger partial charge in [-0.1, -0.05) is 30.3 Å². The van der Waals surface area contributed by atoms with Crippen LogP contribution in [0.25, 0.3) is 0 Å². The second-order valence-corrected chi connectivity index (χ2v) is 7.35. The molecule has 0 bridgehead atoms. The predicted molar refractivity (Wildman–Crippen MR) is 102 cm³/mol. The summed E-state index contributed by atoms with van der Waals surface area (Å²) in [7, 11) is 1.66. The third-order valence-corrected chi connectivity index (χ3v) is 5.53. The molecule has 2 atom stereocenters. The average Bonchev–Trinajstić information content (AvgIpc) is 3.26. The molecule has 0 radical (unpaired) electrons. The van der Waals surface area contributed by atoms with E-state index in [4.69, 9.17) is 14.2 Å². The van der Waals surface area contributed by atoms with Crippen LogP contribution in [0.3, 0.4) is 0 Å². The SMILES string of the molecule is COc1ccc(OC2CC3CN(C(=O)OCc4ccccc4)CC3C2)cc1. The quantitative estimate of drug-likeness (QED) is 0.798. The van der Waals surface area contributed by atoms with Gasteiger partial charge in [-0.3, -0.25) is 0 Å². The first-order valence-corrected chi connectivity index (χ1v) is 9.47. The minimum atomic E-state index is -0.208. The summed E-state index contributed by atoms with van der Waals surface area (Å²) in [5.74, 6) is 2.70. The van der Waals surface area contributed by atoms with E-state index in [9.17, 15) is 4.79 Å². The number of rotatable bonds is 5. The fourth-order valence-corrected chi connectivity index (χ4v) is 4.15. The van der Waals surface area contributed by atoms with E-state index in [-0.39, 0.29) is 12.2 Å². The van der Waals surface area contributed by atoms with Gasteiger partial charge < -0.3 is 19.1 Å². The monoisotopic (exact) mass is 367 g/mol. The highest BCUT2D eigenvalue weighted by Gasteiger charge is 2.43. The van der Waals surface area contributed by atoms with Crippen molar-refractivity contribution in [2.75, 3.05) is 20.2 Å². The van der Waals surface area contributed by atoms with Crippen molar-refractivity contribution in [3.8, 4) is 11.5 Å². The van der Waals surface area contributed by atoms with Crippen molar-refractivity contribution < 1.29 is 19.0 Å². The number of fused-ring (bicyclic) bond motifs is 1. The van der Waals surface area contributed by atoms with E-state index in [1.807, 2.05) is 59.5 Å². The van der Waals surface area contributed by atoms with Crippen LogP contribution in [0.2, 0.25) is 0 Å². The third kappa shape index (κ3) is 4.18. The Kier molecular flexibility index (Phi) is 5.19. The van der Waals surface area contributed by atoms with Gasteiger partial charge >= 0.3 is 6.09 Å². The molecule has 1 aliphatic carbocycles. The standard InChI is InChI=1S/C22H25NO4/c1-25-19-7-9-20(10-8-19)27-21-11-17-13-23(14-18(17)12-21)22(24)26-15-16-5-3-2-4-6-16/h2-10,17-18,21H,11-15H2,1H3. The maximum atomic E-state index is 12.3. The van der Waals surface area contributed by atoms with Gasteiger partial charge in [-0.2, -0.15) is 0 Å². The highest BCUT2D eigenvalue weighted by atomic mass is 16.6. The van der Waals surface area contributed by atoms with Gasteiger partial charge in [0.05, 0.1) is 13.2 Å². The van der Waals surface area contributed by atoms with Gasteiger partial charge in [-0.05, 0) is 54.5 Å². The number of carbonyl (C=O) groups excluding carboxylic acids is 1. The van der Waals surface area contributed by atoms with Crippen molar-refractivity contribution in [3.63, 3.8) is 0 Å². The number of likely N-dealkylation sites (tertiary alicyclic amines) is 1. The summed E-state index contributed by atoms with van der Waals surface area (Å²) in [6.45, 7) is 1.86. The van der Waals surface area contributed by atoms with Gasteiger partial charge in [0.1, 0.15) is 18.1 Å². The molecule has 1 aliphatic heterocycles. The minimum absolute atomic E-state index is 0.208. The van der Waals surface area contributed by atoms with Crippen LogP contribution in [0.4, 0.5) is 4.79 Å². The lowest BCUT2D eigenvalue weighted by atomic mass is 10.0. The van der Waals surface area contributed by atoms with E-state index in [1.54, 1.807) is 7.11 Å². The molecular formula is C22H25NO4. The smallest absolute Gasteiger partial charge is 0.410 e. The van der Waals surface area contributed by atoms with Crippen LogP contribution in [0, 0.1) is 11.8 Å². The van der Waals surface area contributed by atoms with Crippen molar-refractivity contribution in [2.45, 2.75) is 25.6 Å². The fraction of sp³-hybridized carbons (Fsp3) is 0.409. The Morgan fingerprint density at radius 1 is 0.963 bits per heavy atom. The minimum Gasteiger partial charge on any atom is -0.497 e. The normalized spacial score (nSPS) is 23.7. The highest BCUT2D eigenvalue weighted by Crippen LogP contribution is 2.40. The van der Waals surface area contributed by atoms with Crippen molar-refractivity contribution in [1.29, 1.82) is 0 Å². The molecule has 2 fully saturated rings. The largest absolute Gasteiger partial charge is 0.497 e. The van der Waals surface area contributed by atoms with Gasteiger partial charge in [0.25, 0.3) is 0 Å². The number of nitrogens with zero attached hydrogens (tertiary/aromatic N) is 1. The molecule has 0 N–H and O–H groups in total. The molecular weight excluding hydrogens is 342 g/mol. The van der Waals surface area contributed by atoms with Crippen LogP contribution in [0.5, 0.6) is 11.5 Å². The number of hydrogen-bond donors (Lipinski definition) is 0. The molecule has 2 aromatic carbocycles. The zero-order chi connectivity index (χ0) is 18.6. The third-order valence-electron chi connectivity index (χ3n) is 5.53. The predicted octanol–water partition coefficient (Wildman–Crippen LogP) is 4.12. The number of carbonyl (C=O) groups is 1. The van der Waals surface area contributed by atoms with Crippen LogP contribution in [-0.2, 0) is 11.3 Å². The summed E-state index contributed by atoms with van der Waals surface area (Å²) >= 11 is 0. The highest BCUT2D eigenvalue weighted by molar-refractivity contribution is 5.68. The Hall–Kier alpha value is -2.69. The lowest BCUT2D eigenvalue weighted by molar-refractivity contribution is 0.0986. The molecule has 1 saturated carbocycles. The van der Waals surface area contributed by atoms with Crippen LogP contribution < -0.4 is 9.47 Å². The van der Waals surface area contributed by atoms with E-state index < -0.39 is 0 Å². The van der Waals surface area contributed by atoms with Crippen LogP contribution in [0.1, 0.15) is 18.4 Å². The molecule has 2 aromatic rings. The summed E-state index contributed by atoms with van der Waals surface area (Å²) in [6.07, 6.45) is 1.98. The van der Waals surface area contributed by atoms with Crippen molar-refractivity contribution in [2.24, 2.45) is 11.8 Å². The number of benzene rings is 2. The van der Waals surface area contributed by atoms with E-state index in [0.717, 1.165) is 43.0 Å². The summed E-state index contributed by atoms with van der Waals surface area (Å²) in [5, 5.41) is 0.